The molecule has 0 heterocycles. The molecule has 0 aliphatic rings. The molecular weight excluding hydrogens is 176 g/mol. The summed E-state index contributed by atoms with van der Waals surface area (Å²) in [6.07, 6.45) is 0. The largest absolute Gasteiger partial charge is 0.432 e. The summed E-state index contributed by atoms with van der Waals surface area (Å²) in [6, 6.07) is 9.54. The Labute approximate surface area is 84.2 Å². The minimum absolute atomic E-state index is 0.243. The molecule has 1 rings (SSSR count). The van der Waals surface area contributed by atoms with Crippen molar-refractivity contribution in [3.63, 3.8) is 0 Å². The van der Waals surface area contributed by atoms with Gasteiger partial charge in [-0.05, 0) is 19.4 Å². The third-order valence-corrected chi connectivity index (χ3v) is 1.93. The molecule has 0 amide bonds. The van der Waals surface area contributed by atoms with E-state index in [0.29, 0.717) is 5.76 Å². The highest BCUT2D eigenvalue weighted by molar-refractivity contribution is 5.78. The lowest BCUT2D eigenvalue weighted by Crippen LogP contribution is -2.11. The Kier molecular flexibility index (Phi) is 3.46. The molecule has 0 bridgehead atoms. The van der Waals surface area contributed by atoms with Crippen LogP contribution in [0.1, 0.15) is 25.3 Å². The van der Waals surface area contributed by atoms with E-state index >= 15 is 0 Å². The van der Waals surface area contributed by atoms with Gasteiger partial charge in [-0.25, -0.2) is 0 Å². The van der Waals surface area contributed by atoms with Crippen LogP contribution in [0.25, 0.3) is 0 Å². The first-order chi connectivity index (χ1) is 6.61. The fraction of sp³-hybridized carbons (Fsp3) is 0.250. The Hall–Kier alpha value is -1.57. The van der Waals surface area contributed by atoms with Crippen LogP contribution in [0.5, 0.6) is 0 Å². The van der Waals surface area contributed by atoms with Crippen molar-refractivity contribution >= 4 is 5.97 Å². The molecule has 0 radical (unpaired) electrons. The number of carbonyl (C=O) groups excluding carboxylic acids is 1. The van der Waals surface area contributed by atoms with Gasteiger partial charge in [-0.1, -0.05) is 36.9 Å². The van der Waals surface area contributed by atoms with E-state index < -0.39 is 0 Å². The number of benzene rings is 1. The number of hydrogen-bond donors (Lipinski definition) is 0. The lowest BCUT2D eigenvalue weighted by molar-refractivity contribution is -0.140. The van der Waals surface area contributed by atoms with Gasteiger partial charge in [0.25, 0.3) is 0 Å². The Morgan fingerprint density at radius 3 is 2.43 bits per heavy atom. The Bertz CT molecular complexity index is 327. The van der Waals surface area contributed by atoms with Crippen molar-refractivity contribution in [2.75, 3.05) is 0 Å². The van der Waals surface area contributed by atoms with Gasteiger partial charge in [-0.3, -0.25) is 4.79 Å². The molecule has 0 aromatic heterocycles. The molecule has 74 valence electrons. The van der Waals surface area contributed by atoms with Crippen LogP contribution in [0.2, 0.25) is 0 Å². The first kappa shape index (κ1) is 10.5. The Morgan fingerprint density at radius 1 is 1.36 bits per heavy atom. The highest BCUT2D eigenvalue weighted by Gasteiger charge is 2.16. The van der Waals surface area contributed by atoms with Gasteiger partial charge in [0.15, 0.2) is 0 Å². The van der Waals surface area contributed by atoms with Crippen molar-refractivity contribution in [2.45, 2.75) is 19.8 Å². The number of ether oxygens (including phenoxy) is 1. The molecule has 14 heavy (non-hydrogen) atoms. The summed E-state index contributed by atoms with van der Waals surface area (Å²) in [5, 5.41) is 0. The lowest BCUT2D eigenvalue weighted by Gasteiger charge is -2.10. The second-order valence-corrected chi connectivity index (χ2v) is 3.26. The molecule has 0 saturated heterocycles. The molecule has 0 fully saturated rings. The molecule has 1 aromatic carbocycles. The van der Waals surface area contributed by atoms with Crippen molar-refractivity contribution < 1.29 is 9.53 Å². The number of allylic oxidation sites excluding steroid dienone is 1. The Morgan fingerprint density at radius 2 is 1.93 bits per heavy atom. The highest BCUT2D eigenvalue weighted by atomic mass is 16.5. The van der Waals surface area contributed by atoms with Gasteiger partial charge in [0.2, 0.25) is 0 Å². The van der Waals surface area contributed by atoms with E-state index in [0.717, 1.165) is 5.56 Å². The molecule has 1 atom stereocenters. The number of carbonyl (C=O) groups is 1. The van der Waals surface area contributed by atoms with Gasteiger partial charge in [-0.2, -0.15) is 0 Å². The first-order valence-electron chi connectivity index (χ1n) is 4.53. The fourth-order valence-electron chi connectivity index (χ4n) is 1.14. The number of esters is 1. The van der Waals surface area contributed by atoms with Crippen LogP contribution < -0.4 is 0 Å². The molecule has 0 aliphatic heterocycles. The van der Waals surface area contributed by atoms with Crippen LogP contribution in [0, 0.1) is 0 Å². The zero-order valence-corrected chi connectivity index (χ0v) is 8.49. The maximum atomic E-state index is 11.5. The van der Waals surface area contributed by atoms with E-state index in [1.165, 1.54) is 0 Å². The summed E-state index contributed by atoms with van der Waals surface area (Å²) in [5.74, 6) is -0.0746. The third kappa shape index (κ3) is 2.73. The quantitative estimate of drug-likeness (QED) is 0.541. The fourth-order valence-corrected chi connectivity index (χ4v) is 1.14. The minimum Gasteiger partial charge on any atom is -0.432 e. The molecule has 0 N–H and O–H groups in total. The maximum absolute atomic E-state index is 11.5. The molecule has 1 unspecified atom stereocenters. The molecule has 0 saturated carbocycles. The summed E-state index contributed by atoms with van der Waals surface area (Å²) in [7, 11) is 0. The van der Waals surface area contributed by atoms with Crippen LogP contribution in [0.15, 0.2) is 42.7 Å². The van der Waals surface area contributed by atoms with Crippen molar-refractivity contribution in [1.29, 1.82) is 0 Å². The second-order valence-electron chi connectivity index (χ2n) is 3.26. The third-order valence-electron chi connectivity index (χ3n) is 1.93. The zero-order chi connectivity index (χ0) is 10.6. The van der Waals surface area contributed by atoms with Crippen molar-refractivity contribution in [3.05, 3.63) is 48.2 Å². The van der Waals surface area contributed by atoms with E-state index in [1.54, 1.807) is 6.92 Å². The molecule has 2 heteroatoms. The molecule has 0 spiro atoms. The summed E-state index contributed by atoms with van der Waals surface area (Å²) in [5.41, 5.74) is 0.957. The van der Waals surface area contributed by atoms with Crippen LogP contribution >= 0.6 is 0 Å². The first-order valence-corrected chi connectivity index (χ1v) is 4.53. The lowest BCUT2D eigenvalue weighted by atomic mass is 10.0. The molecule has 2 nitrogen and oxygen atoms in total. The standard InChI is InChI=1S/C12H14O2/c1-9(2)14-12(13)10(3)11-7-5-4-6-8-11/h4-8,10H,1H2,2-3H3. The van der Waals surface area contributed by atoms with Crippen LogP contribution in [-0.4, -0.2) is 5.97 Å². The van der Waals surface area contributed by atoms with E-state index in [-0.39, 0.29) is 11.9 Å². The van der Waals surface area contributed by atoms with Crippen LogP contribution in [0.3, 0.4) is 0 Å². The van der Waals surface area contributed by atoms with Gasteiger partial charge < -0.3 is 4.74 Å². The van der Waals surface area contributed by atoms with Gasteiger partial charge >= 0.3 is 5.97 Å². The van der Waals surface area contributed by atoms with Gasteiger partial charge in [0, 0.05) is 0 Å². The van der Waals surface area contributed by atoms with Gasteiger partial charge in [0.1, 0.15) is 0 Å². The smallest absolute Gasteiger partial charge is 0.318 e. The summed E-state index contributed by atoms with van der Waals surface area (Å²) >= 11 is 0. The van der Waals surface area contributed by atoms with Gasteiger partial charge in [-0.15, -0.1) is 0 Å². The van der Waals surface area contributed by atoms with Crippen LogP contribution in [-0.2, 0) is 9.53 Å². The van der Waals surface area contributed by atoms with Crippen molar-refractivity contribution in [1.82, 2.24) is 0 Å². The van der Waals surface area contributed by atoms with E-state index in [2.05, 4.69) is 6.58 Å². The number of hydrogen-bond acceptors (Lipinski definition) is 2. The van der Waals surface area contributed by atoms with Crippen molar-refractivity contribution in [3.8, 4) is 0 Å². The van der Waals surface area contributed by atoms with E-state index in [1.807, 2.05) is 37.3 Å². The topological polar surface area (TPSA) is 26.3 Å². The molecule has 0 aliphatic carbocycles. The number of rotatable bonds is 3. The van der Waals surface area contributed by atoms with E-state index in [9.17, 15) is 4.79 Å². The molecular formula is C12H14O2. The monoisotopic (exact) mass is 190 g/mol. The zero-order valence-electron chi connectivity index (χ0n) is 8.49. The Balaban J connectivity index is 2.71. The SMILES string of the molecule is C=C(C)OC(=O)C(C)c1ccccc1. The summed E-state index contributed by atoms with van der Waals surface area (Å²) in [6.45, 7) is 7.01. The highest BCUT2D eigenvalue weighted by Crippen LogP contribution is 2.16. The predicted octanol–water partition coefficient (Wildman–Crippen LogP) is 2.87. The second kappa shape index (κ2) is 4.61. The summed E-state index contributed by atoms with van der Waals surface area (Å²) < 4.78 is 4.93. The van der Waals surface area contributed by atoms with E-state index in [4.69, 9.17) is 4.74 Å². The predicted molar refractivity (Wildman–Crippen MR) is 55.8 cm³/mol. The maximum Gasteiger partial charge on any atom is 0.318 e. The average molecular weight is 190 g/mol. The minimum atomic E-state index is -0.260. The average Bonchev–Trinajstić information content (AvgIpc) is 2.17. The molecule has 1 aromatic rings. The van der Waals surface area contributed by atoms with Crippen LogP contribution in [0.4, 0.5) is 0 Å². The van der Waals surface area contributed by atoms with Crippen molar-refractivity contribution in [2.24, 2.45) is 0 Å². The summed E-state index contributed by atoms with van der Waals surface area (Å²) in [4.78, 5) is 11.5. The normalized spacial score (nSPS) is 11.9. The van der Waals surface area contributed by atoms with Gasteiger partial charge in [0.05, 0.1) is 11.7 Å².